The van der Waals surface area contributed by atoms with Crippen molar-refractivity contribution < 1.29 is 9.90 Å². The van der Waals surface area contributed by atoms with E-state index in [2.05, 4.69) is 5.32 Å². The fourth-order valence-electron chi connectivity index (χ4n) is 1.84. The maximum absolute atomic E-state index is 12.1. The van der Waals surface area contributed by atoms with E-state index < -0.39 is 0 Å². The third-order valence-electron chi connectivity index (χ3n) is 3.11. The lowest BCUT2D eigenvalue weighted by Crippen LogP contribution is -2.14. The lowest BCUT2D eigenvalue weighted by atomic mass is 10.1. The summed E-state index contributed by atoms with van der Waals surface area (Å²) in [5.74, 6) is -0.238. The monoisotopic (exact) mass is 256 g/mol. The highest BCUT2D eigenvalue weighted by Gasteiger charge is 2.11. The van der Waals surface area contributed by atoms with Gasteiger partial charge in [0.1, 0.15) is 5.75 Å². The normalized spacial score (nSPS) is 10.2. The Kier molecular flexibility index (Phi) is 3.42. The molecule has 0 aromatic heterocycles. The fraction of sp³-hybridized carbons (Fsp3) is 0.133. The number of phenols is 1. The van der Waals surface area contributed by atoms with E-state index in [-0.39, 0.29) is 11.7 Å². The lowest BCUT2D eigenvalue weighted by molar-refractivity contribution is 0.102. The van der Waals surface area contributed by atoms with E-state index >= 15 is 0 Å². The average Bonchev–Trinajstić information content (AvgIpc) is 2.39. The van der Waals surface area contributed by atoms with Gasteiger partial charge in [-0.3, -0.25) is 4.79 Å². The molecule has 0 unspecified atom stereocenters. The van der Waals surface area contributed by atoms with Crippen LogP contribution in [0.15, 0.2) is 36.4 Å². The molecule has 1 amide bonds. The number of carbonyl (C=O) groups is 1. The Morgan fingerprint density at radius 3 is 2.63 bits per heavy atom. The maximum Gasteiger partial charge on any atom is 0.255 e. The molecule has 0 heterocycles. The second-order valence-corrected chi connectivity index (χ2v) is 4.48. The number of hydrogen-bond donors (Lipinski definition) is 3. The SMILES string of the molecule is Cc1ccc(N)c(NC(=O)c2cccc(O)c2)c1C. The first-order valence-electron chi connectivity index (χ1n) is 5.95. The Labute approximate surface area is 111 Å². The van der Waals surface area contributed by atoms with Crippen molar-refractivity contribution in [3.63, 3.8) is 0 Å². The molecule has 19 heavy (non-hydrogen) atoms. The van der Waals surface area contributed by atoms with Crippen LogP contribution in [0.4, 0.5) is 11.4 Å². The number of benzene rings is 2. The summed E-state index contributed by atoms with van der Waals surface area (Å²) >= 11 is 0. The van der Waals surface area contributed by atoms with Gasteiger partial charge in [-0.1, -0.05) is 12.1 Å². The number of aromatic hydroxyl groups is 1. The van der Waals surface area contributed by atoms with Crippen LogP contribution >= 0.6 is 0 Å². The molecule has 2 rings (SSSR count). The first kappa shape index (κ1) is 13.0. The molecule has 0 spiro atoms. The minimum Gasteiger partial charge on any atom is -0.508 e. The minimum atomic E-state index is -0.295. The van der Waals surface area contributed by atoms with Crippen LogP contribution in [0, 0.1) is 13.8 Å². The van der Waals surface area contributed by atoms with Gasteiger partial charge in [0.2, 0.25) is 0 Å². The molecule has 0 saturated carbocycles. The summed E-state index contributed by atoms with van der Waals surface area (Å²) in [6.45, 7) is 3.86. The predicted molar refractivity (Wildman–Crippen MR) is 76.4 cm³/mol. The zero-order valence-electron chi connectivity index (χ0n) is 10.9. The van der Waals surface area contributed by atoms with Crippen molar-refractivity contribution >= 4 is 17.3 Å². The molecule has 0 aliphatic rings. The second kappa shape index (κ2) is 5.02. The minimum absolute atomic E-state index is 0.0570. The van der Waals surface area contributed by atoms with Crippen LogP contribution in [0.1, 0.15) is 21.5 Å². The molecule has 0 aliphatic carbocycles. The van der Waals surface area contributed by atoms with E-state index in [9.17, 15) is 9.90 Å². The van der Waals surface area contributed by atoms with Crippen LogP contribution < -0.4 is 11.1 Å². The van der Waals surface area contributed by atoms with Crippen LogP contribution in [0.3, 0.4) is 0 Å². The number of amides is 1. The van der Waals surface area contributed by atoms with E-state index in [0.29, 0.717) is 16.9 Å². The molecule has 98 valence electrons. The summed E-state index contributed by atoms with van der Waals surface area (Å²) in [6.07, 6.45) is 0. The molecule has 4 nitrogen and oxygen atoms in total. The third-order valence-corrected chi connectivity index (χ3v) is 3.11. The Balaban J connectivity index is 2.32. The van der Waals surface area contributed by atoms with Crippen LogP contribution in [-0.2, 0) is 0 Å². The quantitative estimate of drug-likeness (QED) is 0.723. The number of nitrogens with two attached hydrogens (primary N) is 1. The van der Waals surface area contributed by atoms with Gasteiger partial charge in [0, 0.05) is 5.56 Å². The Morgan fingerprint density at radius 2 is 1.95 bits per heavy atom. The van der Waals surface area contributed by atoms with Crippen LogP contribution in [0.2, 0.25) is 0 Å². The first-order chi connectivity index (χ1) is 8.99. The molecule has 0 atom stereocenters. The number of phenolic OH excluding ortho intramolecular Hbond substituents is 1. The summed E-state index contributed by atoms with van der Waals surface area (Å²) < 4.78 is 0. The highest BCUT2D eigenvalue weighted by Crippen LogP contribution is 2.26. The largest absolute Gasteiger partial charge is 0.508 e. The van der Waals surface area contributed by atoms with Crippen molar-refractivity contribution in [1.29, 1.82) is 0 Å². The highest BCUT2D eigenvalue weighted by atomic mass is 16.3. The van der Waals surface area contributed by atoms with Gasteiger partial charge < -0.3 is 16.2 Å². The van der Waals surface area contributed by atoms with Gasteiger partial charge in [0.05, 0.1) is 11.4 Å². The maximum atomic E-state index is 12.1. The van der Waals surface area contributed by atoms with Crippen LogP contribution in [0.25, 0.3) is 0 Å². The summed E-state index contributed by atoms with van der Waals surface area (Å²) in [6, 6.07) is 9.86. The number of nitrogens with one attached hydrogen (secondary N) is 1. The van der Waals surface area contributed by atoms with E-state index in [1.54, 1.807) is 18.2 Å². The van der Waals surface area contributed by atoms with Gasteiger partial charge in [-0.15, -0.1) is 0 Å². The lowest BCUT2D eigenvalue weighted by Gasteiger charge is -2.13. The molecule has 2 aromatic rings. The Hall–Kier alpha value is -2.49. The van der Waals surface area contributed by atoms with E-state index in [0.717, 1.165) is 11.1 Å². The summed E-state index contributed by atoms with van der Waals surface area (Å²) in [4.78, 5) is 12.1. The number of nitrogen functional groups attached to an aromatic ring is 1. The number of anilines is 2. The average molecular weight is 256 g/mol. The van der Waals surface area contributed by atoms with Crippen molar-refractivity contribution in [3.8, 4) is 5.75 Å². The van der Waals surface area contributed by atoms with Crippen molar-refractivity contribution in [2.45, 2.75) is 13.8 Å². The van der Waals surface area contributed by atoms with Crippen LogP contribution in [0.5, 0.6) is 5.75 Å². The number of hydrogen-bond acceptors (Lipinski definition) is 3. The van der Waals surface area contributed by atoms with E-state index in [1.165, 1.54) is 12.1 Å². The molecule has 0 radical (unpaired) electrons. The van der Waals surface area contributed by atoms with E-state index in [1.807, 2.05) is 19.9 Å². The van der Waals surface area contributed by atoms with Gasteiger partial charge in [0.15, 0.2) is 0 Å². The molecule has 0 aliphatic heterocycles. The molecule has 4 N–H and O–H groups in total. The molecular weight excluding hydrogens is 240 g/mol. The number of rotatable bonds is 2. The van der Waals surface area contributed by atoms with Crippen molar-refractivity contribution in [3.05, 3.63) is 53.1 Å². The smallest absolute Gasteiger partial charge is 0.255 e. The van der Waals surface area contributed by atoms with Crippen molar-refractivity contribution in [2.24, 2.45) is 0 Å². The predicted octanol–water partition coefficient (Wildman–Crippen LogP) is 2.84. The van der Waals surface area contributed by atoms with Gasteiger partial charge >= 0.3 is 0 Å². The Bertz CT molecular complexity index is 636. The number of carbonyl (C=O) groups excluding carboxylic acids is 1. The summed E-state index contributed by atoms with van der Waals surface area (Å²) in [5.41, 5.74) is 9.41. The topological polar surface area (TPSA) is 75.3 Å². The van der Waals surface area contributed by atoms with E-state index in [4.69, 9.17) is 5.73 Å². The third kappa shape index (κ3) is 2.68. The van der Waals surface area contributed by atoms with Crippen molar-refractivity contribution in [2.75, 3.05) is 11.1 Å². The van der Waals surface area contributed by atoms with Gasteiger partial charge in [0.25, 0.3) is 5.91 Å². The Morgan fingerprint density at radius 1 is 1.21 bits per heavy atom. The zero-order valence-corrected chi connectivity index (χ0v) is 10.9. The highest BCUT2D eigenvalue weighted by molar-refractivity contribution is 6.06. The zero-order chi connectivity index (χ0) is 14.0. The van der Waals surface area contributed by atoms with Crippen LogP contribution in [-0.4, -0.2) is 11.0 Å². The molecule has 0 saturated heterocycles. The van der Waals surface area contributed by atoms with Gasteiger partial charge in [-0.25, -0.2) is 0 Å². The molecule has 0 fully saturated rings. The summed E-state index contributed by atoms with van der Waals surface area (Å²) in [7, 11) is 0. The molecular formula is C15H16N2O2. The molecule has 4 heteroatoms. The van der Waals surface area contributed by atoms with Gasteiger partial charge in [-0.05, 0) is 49.2 Å². The molecule has 0 bridgehead atoms. The first-order valence-corrected chi connectivity index (χ1v) is 5.95. The number of aryl methyl sites for hydroxylation is 1. The standard InChI is InChI=1S/C15H16N2O2/c1-9-6-7-13(16)14(10(9)2)17-15(19)11-4-3-5-12(18)8-11/h3-8,18H,16H2,1-2H3,(H,17,19). The van der Waals surface area contributed by atoms with Crippen molar-refractivity contribution in [1.82, 2.24) is 0 Å². The van der Waals surface area contributed by atoms with Gasteiger partial charge in [-0.2, -0.15) is 0 Å². The fourth-order valence-corrected chi connectivity index (χ4v) is 1.84. The second-order valence-electron chi connectivity index (χ2n) is 4.48. The molecule has 2 aromatic carbocycles. The summed E-state index contributed by atoms with van der Waals surface area (Å²) in [5, 5.41) is 12.2.